The fraction of sp³-hybridized carbons (Fsp3) is 0.880. The van der Waals surface area contributed by atoms with Gasteiger partial charge >= 0.3 is 5.97 Å². The molecule has 0 aromatic rings. The summed E-state index contributed by atoms with van der Waals surface area (Å²) in [5, 5.41) is 11.0. The van der Waals surface area contributed by atoms with Crippen molar-refractivity contribution in [2.24, 2.45) is 11.8 Å². The number of carbonyl (C=O) groups is 1. The van der Waals surface area contributed by atoms with Crippen LogP contribution in [0.2, 0.25) is 18.1 Å². The van der Waals surface area contributed by atoms with Crippen LogP contribution in [-0.2, 0) is 23.4 Å². The normalized spacial score (nSPS) is 29.5. The van der Waals surface area contributed by atoms with Crippen LogP contribution in [0.25, 0.3) is 0 Å². The number of hydrogen-bond acceptors (Lipinski definition) is 6. The summed E-state index contributed by atoms with van der Waals surface area (Å²) in [5.41, 5.74) is 0. The van der Waals surface area contributed by atoms with Gasteiger partial charge in [0, 0.05) is 32.0 Å². The lowest BCUT2D eigenvalue weighted by molar-refractivity contribution is -0.197. The van der Waals surface area contributed by atoms with Gasteiger partial charge < -0.3 is 23.7 Å². The number of esters is 1. The van der Waals surface area contributed by atoms with E-state index in [1.165, 1.54) is 7.11 Å². The van der Waals surface area contributed by atoms with Crippen LogP contribution in [0, 0.1) is 11.8 Å². The summed E-state index contributed by atoms with van der Waals surface area (Å²) >= 11 is 0. The van der Waals surface area contributed by atoms with Gasteiger partial charge in [0.15, 0.2) is 14.6 Å². The molecule has 32 heavy (non-hydrogen) atoms. The molecule has 5 unspecified atom stereocenters. The second-order valence-electron chi connectivity index (χ2n) is 10.8. The van der Waals surface area contributed by atoms with Crippen LogP contribution in [0.4, 0.5) is 0 Å². The lowest BCUT2D eigenvalue weighted by atomic mass is 9.91. The Morgan fingerprint density at radius 2 is 1.94 bits per heavy atom. The molecule has 1 heterocycles. The quantitative estimate of drug-likeness (QED) is 0.193. The Labute approximate surface area is 196 Å². The predicted molar refractivity (Wildman–Crippen MR) is 129 cm³/mol. The first kappa shape index (κ1) is 27.5. The van der Waals surface area contributed by atoms with Gasteiger partial charge in [-0.05, 0) is 62.6 Å². The number of hydrogen-bond donors (Lipinski definition) is 1. The van der Waals surface area contributed by atoms with Gasteiger partial charge in [0.2, 0.25) is 0 Å². The maximum Gasteiger partial charge on any atom is 0.305 e. The molecule has 2 aliphatic rings. The zero-order valence-corrected chi connectivity index (χ0v) is 22.1. The van der Waals surface area contributed by atoms with E-state index in [-0.39, 0.29) is 35.2 Å². The van der Waals surface area contributed by atoms with Gasteiger partial charge in [-0.3, -0.25) is 4.79 Å². The van der Waals surface area contributed by atoms with Crippen molar-refractivity contribution in [3.8, 4) is 0 Å². The van der Waals surface area contributed by atoms with Crippen molar-refractivity contribution >= 4 is 14.3 Å². The van der Waals surface area contributed by atoms with Crippen LogP contribution in [0.3, 0.4) is 0 Å². The van der Waals surface area contributed by atoms with Gasteiger partial charge in [-0.1, -0.05) is 32.9 Å². The molecule has 0 spiro atoms. The molecule has 2 rings (SSSR count). The third-order valence-corrected chi connectivity index (χ3v) is 12.0. The Hall–Kier alpha value is -0.733. The molecule has 0 bridgehead atoms. The van der Waals surface area contributed by atoms with E-state index in [9.17, 15) is 9.90 Å². The first-order valence-corrected chi connectivity index (χ1v) is 15.3. The average molecular weight is 471 g/mol. The first-order chi connectivity index (χ1) is 15.0. The van der Waals surface area contributed by atoms with Gasteiger partial charge in [0.05, 0.1) is 19.3 Å². The lowest BCUT2D eigenvalue weighted by Crippen LogP contribution is -2.44. The summed E-state index contributed by atoms with van der Waals surface area (Å²) < 4.78 is 23.5. The molecular formula is C25H46O6Si. The second-order valence-corrected chi connectivity index (χ2v) is 15.7. The molecule has 2 fully saturated rings. The van der Waals surface area contributed by atoms with E-state index in [0.717, 1.165) is 45.1 Å². The summed E-state index contributed by atoms with van der Waals surface area (Å²) in [7, 11) is -0.480. The summed E-state index contributed by atoms with van der Waals surface area (Å²) in [6.07, 6.45) is 10.2. The number of unbranched alkanes of at least 4 members (excludes halogenated alkanes) is 1. The van der Waals surface area contributed by atoms with Gasteiger partial charge in [0.25, 0.3) is 0 Å². The zero-order chi connectivity index (χ0) is 23.8. The van der Waals surface area contributed by atoms with Gasteiger partial charge in [0.1, 0.15) is 0 Å². The molecule has 1 saturated heterocycles. The highest BCUT2D eigenvalue weighted by atomic mass is 28.4. The monoisotopic (exact) mass is 470 g/mol. The molecule has 5 atom stereocenters. The standard InChI is InChI=1S/C25H46O6Si/c1-25(2,3)32(5,6)30-18-20-19(13-9-7-8-10-14-23(27)28-4)21(26)17-22(20)31-24-15-11-12-16-29-24/h7,9,19-22,24,26H,8,10-18H2,1-6H3. The third kappa shape index (κ3) is 8.24. The third-order valence-electron chi connectivity index (χ3n) is 7.46. The van der Waals surface area contributed by atoms with E-state index in [2.05, 4.69) is 50.8 Å². The van der Waals surface area contributed by atoms with Gasteiger partial charge in [-0.2, -0.15) is 0 Å². The highest BCUT2D eigenvalue weighted by Crippen LogP contribution is 2.42. The molecule has 0 amide bonds. The van der Waals surface area contributed by atoms with Crippen LogP contribution < -0.4 is 0 Å². The topological polar surface area (TPSA) is 74.2 Å². The Balaban J connectivity index is 1.99. The van der Waals surface area contributed by atoms with E-state index in [1.807, 2.05) is 0 Å². The van der Waals surface area contributed by atoms with Crippen molar-refractivity contribution in [1.29, 1.82) is 0 Å². The molecule has 0 aromatic carbocycles. The van der Waals surface area contributed by atoms with Crippen molar-refractivity contribution in [2.45, 2.75) is 109 Å². The Morgan fingerprint density at radius 1 is 1.19 bits per heavy atom. The molecule has 0 radical (unpaired) electrons. The van der Waals surface area contributed by atoms with Crippen LogP contribution in [0.15, 0.2) is 12.2 Å². The second kappa shape index (κ2) is 12.7. The van der Waals surface area contributed by atoms with Crippen molar-refractivity contribution < 1.29 is 28.5 Å². The van der Waals surface area contributed by atoms with Gasteiger partial charge in [-0.25, -0.2) is 0 Å². The predicted octanol–water partition coefficient (Wildman–Crippen LogP) is 5.21. The number of aliphatic hydroxyl groups excluding tert-OH is 1. The van der Waals surface area contributed by atoms with Crippen molar-refractivity contribution in [1.82, 2.24) is 0 Å². The first-order valence-electron chi connectivity index (χ1n) is 12.4. The number of allylic oxidation sites excluding steroid dienone is 2. The summed E-state index contributed by atoms with van der Waals surface area (Å²) in [5.74, 6) is 0.0759. The summed E-state index contributed by atoms with van der Waals surface area (Å²) in [6.45, 7) is 12.7. The molecule has 1 N–H and O–H groups in total. The minimum atomic E-state index is -1.90. The molecular weight excluding hydrogens is 424 g/mol. The zero-order valence-electron chi connectivity index (χ0n) is 21.1. The maximum absolute atomic E-state index is 11.2. The Kier molecular flexibility index (Phi) is 10.9. The largest absolute Gasteiger partial charge is 0.469 e. The summed E-state index contributed by atoms with van der Waals surface area (Å²) in [4.78, 5) is 11.2. The Morgan fingerprint density at radius 3 is 2.56 bits per heavy atom. The minimum absolute atomic E-state index is 0.0457. The molecule has 1 aliphatic carbocycles. The fourth-order valence-electron chi connectivity index (χ4n) is 4.24. The highest BCUT2D eigenvalue weighted by molar-refractivity contribution is 6.74. The van der Waals surface area contributed by atoms with Crippen molar-refractivity contribution in [3.63, 3.8) is 0 Å². The molecule has 6 nitrogen and oxygen atoms in total. The Bertz CT molecular complexity index is 594. The molecule has 1 aliphatic heterocycles. The number of carbonyl (C=O) groups excluding carboxylic acids is 1. The summed E-state index contributed by atoms with van der Waals surface area (Å²) in [6, 6.07) is 0. The number of methoxy groups -OCH3 is 1. The van der Waals surface area contributed by atoms with Crippen molar-refractivity contribution in [3.05, 3.63) is 12.2 Å². The van der Waals surface area contributed by atoms with Gasteiger partial charge in [-0.15, -0.1) is 0 Å². The molecule has 0 aromatic heterocycles. The molecule has 7 heteroatoms. The fourth-order valence-corrected chi connectivity index (χ4v) is 5.28. The van der Waals surface area contributed by atoms with E-state index in [0.29, 0.717) is 19.4 Å². The minimum Gasteiger partial charge on any atom is -0.469 e. The molecule has 186 valence electrons. The SMILES string of the molecule is COC(=O)CCCC=CCC1C(O)CC(OC2CCCCO2)C1CO[Si](C)(C)C(C)(C)C. The smallest absolute Gasteiger partial charge is 0.305 e. The molecule has 1 saturated carbocycles. The van der Waals surface area contributed by atoms with Crippen molar-refractivity contribution in [2.75, 3.05) is 20.3 Å². The van der Waals surface area contributed by atoms with E-state index >= 15 is 0 Å². The average Bonchev–Trinajstić information content (AvgIpc) is 3.02. The number of ether oxygens (including phenoxy) is 3. The van der Waals surface area contributed by atoms with Crippen LogP contribution >= 0.6 is 0 Å². The highest BCUT2D eigenvalue weighted by Gasteiger charge is 2.46. The number of aliphatic hydroxyl groups is 1. The lowest BCUT2D eigenvalue weighted by Gasteiger charge is -2.38. The van der Waals surface area contributed by atoms with Crippen LogP contribution in [0.1, 0.15) is 72.1 Å². The van der Waals surface area contributed by atoms with Crippen LogP contribution in [0.5, 0.6) is 0 Å². The van der Waals surface area contributed by atoms with Crippen LogP contribution in [-0.4, -0.2) is 58.2 Å². The van der Waals surface area contributed by atoms with E-state index < -0.39 is 14.4 Å². The number of rotatable bonds is 11. The van der Waals surface area contributed by atoms with E-state index in [4.69, 9.17) is 13.9 Å². The van der Waals surface area contributed by atoms with E-state index in [1.54, 1.807) is 0 Å². The maximum atomic E-state index is 11.2.